The van der Waals surface area contributed by atoms with Gasteiger partial charge in [-0.15, -0.1) is 0 Å². The maximum absolute atomic E-state index is 12.5. The quantitative estimate of drug-likeness (QED) is 0.939. The zero-order chi connectivity index (χ0) is 15.5. The molecule has 1 aromatic heterocycles. The fourth-order valence-electron chi connectivity index (χ4n) is 1.55. The number of ether oxygens (including phenoxy) is 1. The molecule has 0 spiro atoms. The van der Waals surface area contributed by atoms with Gasteiger partial charge in [-0.25, -0.2) is 4.98 Å². The summed E-state index contributed by atoms with van der Waals surface area (Å²) >= 11 is 0. The van der Waals surface area contributed by atoms with Crippen LogP contribution in [0.15, 0.2) is 36.5 Å². The van der Waals surface area contributed by atoms with E-state index in [1.807, 2.05) is 0 Å². The van der Waals surface area contributed by atoms with E-state index in [2.05, 4.69) is 9.97 Å². The molecule has 0 unspecified atom stereocenters. The predicted octanol–water partition coefficient (Wildman–Crippen LogP) is 2.91. The Morgan fingerprint density at radius 1 is 1.29 bits per heavy atom. The Labute approximate surface area is 117 Å². The highest BCUT2D eigenvalue weighted by Gasteiger charge is 2.33. The summed E-state index contributed by atoms with van der Waals surface area (Å²) in [5.74, 6) is -0.865. The van der Waals surface area contributed by atoms with Gasteiger partial charge in [0.15, 0.2) is 5.69 Å². The molecule has 5 nitrogen and oxygen atoms in total. The lowest BCUT2D eigenvalue weighted by molar-refractivity contribution is -0.141. The number of carbonyl (C=O) groups is 1. The number of halogens is 3. The fraction of sp³-hybridized carbons (Fsp3) is 0.154. The van der Waals surface area contributed by atoms with Crippen LogP contribution in [0.1, 0.15) is 11.3 Å². The van der Waals surface area contributed by atoms with E-state index < -0.39 is 23.8 Å². The van der Waals surface area contributed by atoms with Crippen molar-refractivity contribution in [2.24, 2.45) is 0 Å². The molecular weight excluding hydrogens is 289 g/mol. The minimum absolute atomic E-state index is 0.160. The van der Waals surface area contributed by atoms with Crippen molar-refractivity contribution in [1.29, 1.82) is 0 Å². The van der Waals surface area contributed by atoms with Crippen LogP contribution in [-0.4, -0.2) is 21.0 Å². The molecule has 1 aromatic carbocycles. The predicted molar refractivity (Wildman–Crippen MR) is 64.9 cm³/mol. The van der Waals surface area contributed by atoms with Crippen molar-refractivity contribution < 1.29 is 27.8 Å². The van der Waals surface area contributed by atoms with E-state index in [1.165, 1.54) is 18.2 Å². The van der Waals surface area contributed by atoms with Gasteiger partial charge in [-0.05, 0) is 23.8 Å². The first-order valence-electron chi connectivity index (χ1n) is 5.73. The lowest BCUT2D eigenvalue weighted by atomic mass is 10.1. The Morgan fingerprint density at radius 2 is 2.05 bits per heavy atom. The number of rotatable bonds is 4. The molecule has 0 saturated heterocycles. The van der Waals surface area contributed by atoms with Crippen LogP contribution in [0, 0.1) is 0 Å². The maximum atomic E-state index is 12.5. The van der Waals surface area contributed by atoms with Crippen LogP contribution in [-0.2, 0) is 17.4 Å². The highest BCUT2D eigenvalue weighted by Crippen LogP contribution is 2.29. The van der Waals surface area contributed by atoms with E-state index in [4.69, 9.17) is 9.84 Å². The molecule has 0 aliphatic carbocycles. The molecule has 21 heavy (non-hydrogen) atoms. The van der Waals surface area contributed by atoms with Crippen molar-refractivity contribution in [3.8, 4) is 11.8 Å². The van der Waals surface area contributed by atoms with E-state index in [0.717, 1.165) is 12.3 Å². The highest BCUT2D eigenvalue weighted by molar-refractivity contribution is 5.70. The molecular formula is C13H9F3N2O3. The molecule has 0 radical (unpaired) electrons. The molecule has 2 aromatic rings. The zero-order valence-corrected chi connectivity index (χ0v) is 10.5. The number of benzene rings is 1. The largest absolute Gasteiger partial charge is 0.481 e. The second kappa shape index (κ2) is 5.78. The molecule has 2 rings (SSSR count). The Bertz CT molecular complexity index is 659. The average molecular weight is 298 g/mol. The minimum Gasteiger partial charge on any atom is -0.481 e. The molecule has 110 valence electrons. The molecule has 8 heteroatoms. The van der Waals surface area contributed by atoms with Gasteiger partial charge in [0.2, 0.25) is 0 Å². The number of hydrogen-bond donors (Lipinski definition) is 1. The van der Waals surface area contributed by atoms with E-state index in [0.29, 0.717) is 5.56 Å². The maximum Gasteiger partial charge on any atom is 0.433 e. The first-order chi connectivity index (χ1) is 9.84. The third kappa shape index (κ3) is 4.16. The first kappa shape index (κ1) is 14.8. The van der Waals surface area contributed by atoms with Gasteiger partial charge in [-0.2, -0.15) is 18.2 Å². The number of aliphatic carboxylic acids is 1. The third-order valence-corrected chi connectivity index (χ3v) is 2.39. The van der Waals surface area contributed by atoms with Crippen LogP contribution in [0.4, 0.5) is 13.2 Å². The van der Waals surface area contributed by atoms with Gasteiger partial charge in [0, 0.05) is 6.20 Å². The summed E-state index contributed by atoms with van der Waals surface area (Å²) in [7, 11) is 0. The summed E-state index contributed by atoms with van der Waals surface area (Å²) < 4.78 is 42.6. The molecule has 0 aliphatic rings. The van der Waals surface area contributed by atoms with Crippen LogP contribution in [0.3, 0.4) is 0 Å². The van der Waals surface area contributed by atoms with Crippen LogP contribution >= 0.6 is 0 Å². The number of hydrogen-bond acceptors (Lipinski definition) is 4. The summed E-state index contributed by atoms with van der Waals surface area (Å²) in [6.45, 7) is 0. The van der Waals surface area contributed by atoms with Gasteiger partial charge in [-0.3, -0.25) is 4.79 Å². The van der Waals surface area contributed by atoms with Gasteiger partial charge < -0.3 is 9.84 Å². The van der Waals surface area contributed by atoms with Crippen LogP contribution in [0.5, 0.6) is 11.8 Å². The van der Waals surface area contributed by atoms with Gasteiger partial charge in [-0.1, -0.05) is 12.1 Å². The first-order valence-corrected chi connectivity index (χ1v) is 5.73. The summed E-state index contributed by atoms with van der Waals surface area (Å²) in [6, 6.07) is 6.23. The Balaban J connectivity index is 2.20. The van der Waals surface area contributed by atoms with Crippen LogP contribution in [0.25, 0.3) is 0 Å². The van der Waals surface area contributed by atoms with Gasteiger partial charge in [0.1, 0.15) is 5.75 Å². The number of alkyl halides is 3. The van der Waals surface area contributed by atoms with Crippen LogP contribution < -0.4 is 4.74 Å². The van der Waals surface area contributed by atoms with E-state index in [9.17, 15) is 18.0 Å². The Morgan fingerprint density at radius 3 is 2.71 bits per heavy atom. The second-order valence-corrected chi connectivity index (χ2v) is 4.04. The minimum atomic E-state index is -4.59. The van der Waals surface area contributed by atoms with Crippen LogP contribution in [0.2, 0.25) is 0 Å². The molecule has 0 atom stereocenters. The molecule has 0 saturated carbocycles. The number of nitrogens with zero attached hydrogens (tertiary/aromatic N) is 2. The number of carboxylic acid groups (broad SMARTS) is 1. The second-order valence-electron chi connectivity index (χ2n) is 4.04. The summed E-state index contributed by atoms with van der Waals surface area (Å²) in [4.78, 5) is 17.4. The van der Waals surface area contributed by atoms with E-state index in [-0.39, 0.29) is 12.2 Å². The van der Waals surface area contributed by atoms with E-state index in [1.54, 1.807) is 6.07 Å². The van der Waals surface area contributed by atoms with Crippen molar-refractivity contribution in [1.82, 2.24) is 9.97 Å². The topological polar surface area (TPSA) is 72.3 Å². The monoisotopic (exact) mass is 298 g/mol. The smallest absolute Gasteiger partial charge is 0.433 e. The fourth-order valence-corrected chi connectivity index (χ4v) is 1.55. The highest BCUT2D eigenvalue weighted by atomic mass is 19.4. The van der Waals surface area contributed by atoms with Gasteiger partial charge >= 0.3 is 18.2 Å². The lowest BCUT2D eigenvalue weighted by Gasteiger charge is -2.08. The van der Waals surface area contributed by atoms with E-state index >= 15 is 0 Å². The van der Waals surface area contributed by atoms with Crippen molar-refractivity contribution in [2.75, 3.05) is 0 Å². The van der Waals surface area contributed by atoms with Crippen molar-refractivity contribution >= 4 is 5.97 Å². The summed E-state index contributed by atoms with van der Waals surface area (Å²) in [6.07, 6.45) is -3.88. The third-order valence-electron chi connectivity index (χ3n) is 2.39. The zero-order valence-electron chi connectivity index (χ0n) is 10.5. The summed E-state index contributed by atoms with van der Waals surface area (Å²) in [5, 5.41) is 8.68. The molecule has 0 aliphatic heterocycles. The number of carboxylic acids is 1. The van der Waals surface area contributed by atoms with Crippen molar-refractivity contribution in [3.05, 3.63) is 47.8 Å². The SMILES string of the molecule is O=C(O)Cc1cccc(Oc2nccc(C(F)(F)F)n2)c1. The summed E-state index contributed by atoms with van der Waals surface area (Å²) in [5.41, 5.74) is -0.666. The normalized spacial score (nSPS) is 11.2. The Kier molecular flexibility index (Phi) is 4.06. The molecule has 0 fully saturated rings. The molecule has 1 N–H and O–H groups in total. The molecule has 1 heterocycles. The molecule has 0 amide bonds. The standard InChI is InChI=1S/C13H9F3N2O3/c14-13(15,16)10-4-5-17-12(18-10)21-9-3-1-2-8(6-9)7-11(19)20/h1-6H,7H2,(H,19,20). The molecule has 0 bridgehead atoms. The number of aromatic nitrogens is 2. The van der Waals surface area contributed by atoms with Gasteiger partial charge in [0.25, 0.3) is 0 Å². The Hall–Kier alpha value is -2.64. The van der Waals surface area contributed by atoms with Crippen molar-refractivity contribution in [3.63, 3.8) is 0 Å². The van der Waals surface area contributed by atoms with Gasteiger partial charge in [0.05, 0.1) is 6.42 Å². The van der Waals surface area contributed by atoms with Crippen molar-refractivity contribution in [2.45, 2.75) is 12.6 Å². The lowest BCUT2D eigenvalue weighted by Crippen LogP contribution is -2.09. The average Bonchev–Trinajstić information content (AvgIpc) is 2.37.